The molecule has 1 aromatic heterocycles. The minimum atomic E-state index is -4.60. The van der Waals surface area contributed by atoms with Crippen LogP contribution in [0.15, 0.2) is 36.4 Å². The van der Waals surface area contributed by atoms with Crippen LogP contribution in [-0.4, -0.2) is 59.3 Å². The van der Waals surface area contributed by atoms with Crippen molar-refractivity contribution in [2.75, 3.05) is 36.0 Å². The van der Waals surface area contributed by atoms with E-state index in [2.05, 4.69) is 10.2 Å². The fraction of sp³-hybridized carbons (Fsp3) is 0.478. The summed E-state index contributed by atoms with van der Waals surface area (Å²) < 4.78 is 39.9. The van der Waals surface area contributed by atoms with Gasteiger partial charge >= 0.3 is 12.2 Å². The smallest absolute Gasteiger partial charge is 0.352 e. The van der Waals surface area contributed by atoms with Gasteiger partial charge in [0.15, 0.2) is 11.6 Å². The van der Waals surface area contributed by atoms with E-state index in [0.717, 1.165) is 38.2 Å². The summed E-state index contributed by atoms with van der Waals surface area (Å²) in [5.41, 5.74) is 4.34. The number of aromatic nitrogens is 2. The number of carbonyl (C=O) groups excluding carboxylic acids is 2. The molecule has 0 bridgehead atoms. The molecule has 0 spiro atoms. The molecule has 2 aromatic rings. The minimum absolute atomic E-state index is 0.0144. The number of alkyl halides is 3. The molecule has 4 rings (SSSR count). The number of halogens is 3. The lowest BCUT2D eigenvalue weighted by atomic mass is 9.94. The van der Waals surface area contributed by atoms with Gasteiger partial charge in [-0.2, -0.15) is 13.2 Å². The highest BCUT2D eigenvalue weighted by molar-refractivity contribution is 5.96. The van der Waals surface area contributed by atoms with Gasteiger partial charge in [-0.3, -0.25) is 9.69 Å². The van der Waals surface area contributed by atoms with E-state index < -0.39 is 23.7 Å². The van der Waals surface area contributed by atoms with Gasteiger partial charge < -0.3 is 15.5 Å². The van der Waals surface area contributed by atoms with Crippen LogP contribution in [-0.2, 0) is 6.18 Å². The van der Waals surface area contributed by atoms with Crippen molar-refractivity contribution in [3.8, 4) is 0 Å². The van der Waals surface area contributed by atoms with Gasteiger partial charge in [0.25, 0.3) is 5.91 Å². The Bertz CT molecular complexity index is 1020. The first-order valence-corrected chi connectivity index (χ1v) is 11.4. The molecule has 11 heteroatoms. The molecule has 34 heavy (non-hydrogen) atoms. The van der Waals surface area contributed by atoms with E-state index in [4.69, 9.17) is 5.73 Å². The first-order valence-electron chi connectivity index (χ1n) is 11.4. The summed E-state index contributed by atoms with van der Waals surface area (Å²) in [5, 5.41) is 8.47. The van der Waals surface area contributed by atoms with E-state index in [-0.39, 0.29) is 24.7 Å². The topological polar surface area (TPSA) is 95.7 Å². The van der Waals surface area contributed by atoms with Crippen molar-refractivity contribution in [2.24, 2.45) is 5.73 Å². The molecule has 2 heterocycles. The van der Waals surface area contributed by atoms with Crippen molar-refractivity contribution < 1.29 is 22.8 Å². The van der Waals surface area contributed by atoms with Crippen LogP contribution in [0.5, 0.6) is 0 Å². The highest BCUT2D eigenvalue weighted by Gasteiger charge is 2.36. The second-order valence-electron chi connectivity index (χ2n) is 8.57. The summed E-state index contributed by atoms with van der Waals surface area (Å²) in [6.45, 7) is 1.31. The maximum Gasteiger partial charge on any atom is 0.417 e. The predicted molar refractivity (Wildman–Crippen MR) is 121 cm³/mol. The van der Waals surface area contributed by atoms with E-state index >= 15 is 0 Å². The zero-order valence-electron chi connectivity index (χ0n) is 18.7. The number of amides is 3. The third-order valence-electron chi connectivity index (χ3n) is 6.41. The number of primary amides is 1. The van der Waals surface area contributed by atoms with Crippen molar-refractivity contribution in [3.05, 3.63) is 47.5 Å². The quantitative estimate of drug-likeness (QED) is 0.727. The third-order valence-corrected chi connectivity index (χ3v) is 6.41. The summed E-state index contributed by atoms with van der Waals surface area (Å²) in [6, 6.07) is 7.74. The number of anilines is 2. The number of carbonyl (C=O) groups is 2. The van der Waals surface area contributed by atoms with Crippen LogP contribution in [0.2, 0.25) is 0 Å². The lowest BCUT2D eigenvalue weighted by Gasteiger charge is -2.36. The number of urea groups is 1. The Kier molecular flexibility index (Phi) is 6.90. The summed E-state index contributed by atoms with van der Waals surface area (Å²) in [4.78, 5) is 29.7. The monoisotopic (exact) mass is 476 g/mol. The van der Waals surface area contributed by atoms with Gasteiger partial charge in [-0.25, -0.2) is 4.79 Å². The molecule has 0 radical (unpaired) electrons. The number of piperazine rings is 1. The number of rotatable bonds is 4. The van der Waals surface area contributed by atoms with E-state index in [1.54, 1.807) is 12.1 Å². The first-order chi connectivity index (χ1) is 16.3. The second-order valence-corrected chi connectivity index (χ2v) is 8.57. The fourth-order valence-electron chi connectivity index (χ4n) is 4.66. The van der Waals surface area contributed by atoms with Crippen LogP contribution >= 0.6 is 0 Å². The number of hydrogen-bond acceptors (Lipinski definition) is 5. The average Bonchev–Trinajstić information content (AvgIpc) is 2.84. The molecule has 1 aliphatic carbocycles. The van der Waals surface area contributed by atoms with Crippen molar-refractivity contribution in [1.82, 2.24) is 15.1 Å². The van der Waals surface area contributed by atoms with Gasteiger partial charge in [-0.05, 0) is 37.1 Å². The fourth-order valence-corrected chi connectivity index (χ4v) is 4.66. The molecule has 3 amide bonds. The largest absolute Gasteiger partial charge is 0.417 e. The average molecular weight is 477 g/mol. The van der Waals surface area contributed by atoms with Crippen molar-refractivity contribution in [1.29, 1.82) is 0 Å². The van der Waals surface area contributed by atoms with Gasteiger partial charge in [0.1, 0.15) is 0 Å². The molecule has 182 valence electrons. The number of benzene rings is 1. The molecule has 2 fully saturated rings. The Hall–Kier alpha value is -3.37. The van der Waals surface area contributed by atoms with Crippen LogP contribution in [0.3, 0.4) is 0 Å². The number of hydrogen-bond donors (Lipinski definition) is 1. The zero-order valence-corrected chi connectivity index (χ0v) is 18.7. The maximum absolute atomic E-state index is 13.3. The predicted octanol–water partition coefficient (Wildman–Crippen LogP) is 3.68. The summed E-state index contributed by atoms with van der Waals surface area (Å²) in [7, 11) is 0. The molecule has 1 saturated heterocycles. The second kappa shape index (κ2) is 9.86. The summed E-state index contributed by atoms with van der Waals surface area (Å²) in [6.07, 6.45) is 0.373. The van der Waals surface area contributed by atoms with Gasteiger partial charge in [0.2, 0.25) is 0 Å². The Morgan fingerprint density at radius 2 is 1.62 bits per heavy atom. The van der Waals surface area contributed by atoms with Crippen LogP contribution in [0.4, 0.5) is 29.6 Å². The van der Waals surface area contributed by atoms with Gasteiger partial charge in [-0.15, -0.1) is 10.2 Å². The van der Waals surface area contributed by atoms with Gasteiger partial charge in [0.05, 0.1) is 11.1 Å². The normalized spacial score (nSPS) is 17.5. The lowest BCUT2D eigenvalue weighted by Crippen LogP contribution is -2.49. The highest BCUT2D eigenvalue weighted by Crippen LogP contribution is 2.32. The molecule has 1 aliphatic heterocycles. The van der Waals surface area contributed by atoms with Crippen LogP contribution < -0.4 is 15.5 Å². The summed E-state index contributed by atoms with van der Waals surface area (Å²) in [5.74, 6) is 0.332. The van der Waals surface area contributed by atoms with E-state index in [1.807, 2.05) is 4.90 Å². The molecule has 2 N–H and O–H groups in total. The molecule has 1 aromatic carbocycles. The van der Waals surface area contributed by atoms with E-state index in [0.29, 0.717) is 24.7 Å². The number of nitrogens with zero attached hydrogens (tertiary/aromatic N) is 5. The van der Waals surface area contributed by atoms with E-state index in [1.165, 1.54) is 28.0 Å². The number of nitrogens with two attached hydrogens (primary N) is 1. The molecule has 2 aliphatic rings. The lowest BCUT2D eigenvalue weighted by molar-refractivity contribution is -0.138. The molecular weight excluding hydrogens is 449 g/mol. The minimum Gasteiger partial charge on any atom is -0.352 e. The van der Waals surface area contributed by atoms with Crippen molar-refractivity contribution in [3.63, 3.8) is 0 Å². The SMILES string of the molecule is NC(=O)N(c1ccc(N2CCN(C(=O)c3ccccc3C(F)(F)F)CC2)nn1)C1CCCCC1. The van der Waals surface area contributed by atoms with Crippen LogP contribution in [0.1, 0.15) is 48.0 Å². The zero-order chi connectivity index (χ0) is 24.3. The van der Waals surface area contributed by atoms with Crippen LogP contribution in [0.25, 0.3) is 0 Å². The molecule has 1 saturated carbocycles. The third kappa shape index (κ3) is 5.07. The Morgan fingerprint density at radius 1 is 0.941 bits per heavy atom. The standard InChI is InChI=1S/C23H27F3N6O2/c24-23(25,26)18-9-5-4-8-17(18)21(33)31-14-12-30(13-15-31)19-10-11-20(29-28-19)32(22(27)34)16-6-2-1-3-7-16/h4-5,8-11,16H,1-3,6-7,12-15H2,(H2,27,34). The maximum atomic E-state index is 13.3. The van der Waals surface area contributed by atoms with E-state index in [9.17, 15) is 22.8 Å². The molecule has 0 atom stereocenters. The summed E-state index contributed by atoms with van der Waals surface area (Å²) >= 11 is 0. The van der Waals surface area contributed by atoms with Gasteiger partial charge in [-0.1, -0.05) is 31.4 Å². The van der Waals surface area contributed by atoms with Crippen molar-refractivity contribution >= 4 is 23.6 Å². The van der Waals surface area contributed by atoms with Crippen molar-refractivity contribution in [2.45, 2.75) is 44.3 Å². The molecule has 0 unspecified atom stereocenters. The molecular formula is C23H27F3N6O2. The Morgan fingerprint density at radius 3 is 2.21 bits per heavy atom. The Balaban J connectivity index is 1.41. The first kappa shape index (κ1) is 23.8. The van der Waals surface area contributed by atoms with Crippen LogP contribution in [0, 0.1) is 0 Å². The Labute approximate surface area is 195 Å². The van der Waals surface area contributed by atoms with Gasteiger partial charge in [0, 0.05) is 32.2 Å². The highest BCUT2D eigenvalue weighted by atomic mass is 19.4. The molecule has 8 nitrogen and oxygen atoms in total.